The highest BCUT2D eigenvalue weighted by atomic mass is 19.1. The lowest BCUT2D eigenvalue weighted by atomic mass is 10.1. The topological polar surface area (TPSA) is 121 Å². The lowest BCUT2D eigenvalue weighted by Gasteiger charge is -2.15. The third kappa shape index (κ3) is 5.69. The molecule has 7 rings (SSSR count). The lowest BCUT2D eigenvalue weighted by molar-refractivity contribution is 0.237. The van der Waals surface area contributed by atoms with Crippen molar-refractivity contribution in [3.63, 3.8) is 0 Å². The minimum Gasteiger partial charge on any atom is -0.492 e. The summed E-state index contributed by atoms with van der Waals surface area (Å²) in [6, 6.07) is 10.7. The largest absolute Gasteiger partial charge is 0.492 e. The van der Waals surface area contributed by atoms with E-state index < -0.39 is 0 Å². The van der Waals surface area contributed by atoms with Crippen LogP contribution in [0, 0.1) is 5.82 Å². The summed E-state index contributed by atoms with van der Waals surface area (Å²) in [5, 5.41) is 10.9. The Balaban J connectivity index is 1.20. The van der Waals surface area contributed by atoms with Gasteiger partial charge in [0.1, 0.15) is 23.7 Å². The maximum atomic E-state index is 14.7. The minimum absolute atomic E-state index is 0.375. The van der Waals surface area contributed by atoms with Gasteiger partial charge in [-0.2, -0.15) is 5.10 Å². The van der Waals surface area contributed by atoms with Gasteiger partial charge < -0.3 is 15.0 Å². The number of imidazole rings is 1. The molecule has 0 saturated carbocycles. The summed E-state index contributed by atoms with van der Waals surface area (Å²) in [5.41, 5.74) is 7.56. The van der Waals surface area contributed by atoms with Crippen LogP contribution in [0.5, 0.6) is 5.75 Å². The van der Waals surface area contributed by atoms with E-state index in [2.05, 4.69) is 48.4 Å². The third-order valence-corrected chi connectivity index (χ3v) is 7.75. The van der Waals surface area contributed by atoms with Crippen LogP contribution >= 0.6 is 0 Å². The van der Waals surface area contributed by atoms with Gasteiger partial charge in [-0.15, -0.1) is 0 Å². The molecule has 43 heavy (non-hydrogen) atoms. The molecule has 5 aromatic heterocycles. The highest BCUT2D eigenvalue weighted by molar-refractivity contribution is 5.96. The molecule has 1 fully saturated rings. The molecule has 0 atom stereocenters. The predicted molar refractivity (Wildman–Crippen MR) is 164 cm³/mol. The van der Waals surface area contributed by atoms with Gasteiger partial charge in [0.05, 0.1) is 28.4 Å². The zero-order valence-corrected chi connectivity index (χ0v) is 23.9. The summed E-state index contributed by atoms with van der Waals surface area (Å²) in [7, 11) is 0. The molecule has 0 spiro atoms. The summed E-state index contributed by atoms with van der Waals surface area (Å²) in [6.45, 7) is 7.22. The van der Waals surface area contributed by atoms with E-state index in [0.717, 1.165) is 55.1 Å². The van der Waals surface area contributed by atoms with Gasteiger partial charge in [0, 0.05) is 48.9 Å². The molecule has 0 radical (unpaired) electrons. The number of H-pyrrole nitrogens is 2. The number of nitrogens with one attached hydrogen (secondary N) is 3. The highest BCUT2D eigenvalue weighted by Crippen LogP contribution is 2.33. The number of ether oxygens (including phenoxy) is 1. The first-order chi connectivity index (χ1) is 21.1. The second-order valence-corrected chi connectivity index (χ2v) is 10.8. The first kappa shape index (κ1) is 27.1. The van der Waals surface area contributed by atoms with E-state index in [-0.39, 0.29) is 5.82 Å². The first-order valence-corrected chi connectivity index (χ1v) is 14.6. The molecule has 10 nitrogen and oxygen atoms in total. The number of rotatable bonds is 10. The number of aromatic amines is 2. The number of hydrogen-bond donors (Lipinski definition) is 3. The molecule has 11 heteroatoms. The van der Waals surface area contributed by atoms with E-state index in [1.807, 2.05) is 30.6 Å². The molecule has 1 aliphatic heterocycles. The van der Waals surface area contributed by atoms with Gasteiger partial charge in [0.15, 0.2) is 11.5 Å². The van der Waals surface area contributed by atoms with Gasteiger partial charge in [-0.3, -0.25) is 20.0 Å². The fraction of sp³-hybridized carbons (Fsp3) is 0.281. The van der Waals surface area contributed by atoms with Crippen LogP contribution in [0.25, 0.3) is 56.0 Å². The molecule has 3 N–H and O–H groups in total. The Morgan fingerprint density at radius 3 is 2.70 bits per heavy atom. The molecule has 1 saturated heterocycles. The van der Waals surface area contributed by atoms with Gasteiger partial charge in [0.25, 0.3) is 0 Å². The molecule has 6 aromatic rings. The maximum Gasteiger partial charge on any atom is 0.161 e. The molecule has 0 aliphatic carbocycles. The van der Waals surface area contributed by atoms with Crippen molar-refractivity contribution in [2.24, 2.45) is 0 Å². The van der Waals surface area contributed by atoms with Gasteiger partial charge >= 0.3 is 0 Å². The number of halogens is 1. The third-order valence-electron chi connectivity index (χ3n) is 7.75. The molecule has 0 unspecified atom stereocenters. The number of benzene rings is 1. The van der Waals surface area contributed by atoms with Crippen molar-refractivity contribution >= 4 is 22.1 Å². The summed E-state index contributed by atoms with van der Waals surface area (Å²) < 4.78 is 20.7. The van der Waals surface area contributed by atoms with Crippen LogP contribution in [0.2, 0.25) is 0 Å². The zero-order chi connectivity index (χ0) is 29.2. The first-order valence-electron chi connectivity index (χ1n) is 14.6. The lowest BCUT2D eigenvalue weighted by Crippen LogP contribution is -2.25. The van der Waals surface area contributed by atoms with Crippen molar-refractivity contribution < 1.29 is 9.13 Å². The summed E-state index contributed by atoms with van der Waals surface area (Å²) in [6.07, 6.45) is 9.52. The predicted octanol–water partition coefficient (Wildman–Crippen LogP) is 5.35. The molecular formula is C32H32FN9O. The fourth-order valence-electron chi connectivity index (χ4n) is 5.58. The van der Waals surface area contributed by atoms with E-state index in [9.17, 15) is 4.39 Å². The zero-order valence-electron chi connectivity index (χ0n) is 23.9. The van der Waals surface area contributed by atoms with Gasteiger partial charge in [0.2, 0.25) is 0 Å². The second-order valence-electron chi connectivity index (χ2n) is 10.8. The van der Waals surface area contributed by atoms with Gasteiger partial charge in [-0.25, -0.2) is 14.4 Å². The Labute approximate surface area is 247 Å². The van der Waals surface area contributed by atoms with Crippen LogP contribution in [0.15, 0.2) is 61.2 Å². The van der Waals surface area contributed by atoms with Gasteiger partial charge in [-0.05, 0) is 73.9 Å². The monoisotopic (exact) mass is 577 g/mol. The molecule has 218 valence electrons. The Morgan fingerprint density at radius 2 is 1.81 bits per heavy atom. The molecule has 1 aliphatic rings. The Bertz CT molecular complexity index is 1890. The SMILES string of the molecule is CCNCc1cncc(-c2ccc3[nH]nc(-c4nc5c(-c6cc(F)cc(OCCN7CCCC7)c6)cncc5[nH]4)c3n2)c1. The Morgan fingerprint density at radius 1 is 0.930 bits per heavy atom. The summed E-state index contributed by atoms with van der Waals surface area (Å²) >= 11 is 0. The molecule has 0 bridgehead atoms. The van der Waals surface area contributed by atoms with Crippen molar-refractivity contribution in [2.75, 3.05) is 32.8 Å². The molecule has 6 heterocycles. The molecular weight excluding hydrogens is 545 g/mol. The van der Waals surface area contributed by atoms with Crippen LogP contribution in [0.1, 0.15) is 25.3 Å². The number of fused-ring (bicyclic) bond motifs is 2. The Kier molecular flexibility index (Phi) is 7.48. The average Bonchev–Trinajstić information content (AvgIpc) is 3.79. The second kappa shape index (κ2) is 11.9. The highest BCUT2D eigenvalue weighted by Gasteiger charge is 2.18. The Hall–Kier alpha value is -4.74. The normalized spacial score (nSPS) is 13.8. The maximum absolute atomic E-state index is 14.7. The number of likely N-dealkylation sites (tertiary alicyclic amines) is 1. The van der Waals surface area contributed by atoms with Crippen LogP contribution < -0.4 is 10.1 Å². The van der Waals surface area contributed by atoms with Crippen molar-refractivity contribution in [3.8, 4) is 39.7 Å². The average molecular weight is 578 g/mol. The fourth-order valence-corrected chi connectivity index (χ4v) is 5.58. The van der Waals surface area contributed by atoms with E-state index >= 15 is 0 Å². The van der Waals surface area contributed by atoms with E-state index in [1.165, 1.54) is 25.0 Å². The van der Waals surface area contributed by atoms with E-state index in [1.54, 1.807) is 12.4 Å². The van der Waals surface area contributed by atoms with Crippen LogP contribution in [0.3, 0.4) is 0 Å². The van der Waals surface area contributed by atoms with Crippen LogP contribution in [0.4, 0.5) is 4.39 Å². The summed E-state index contributed by atoms with van der Waals surface area (Å²) in [4.78, 5) is 24.4. The quantitative estimate of drug-likeness (QED) is 0.199. The molecule has 0 amide bonds. The van der Waals surface area contributed by atoms with Crippen molar-refractivity contribution in [2.45, 2.75) is 26.3 Å². The number of hydrogen-bond acceptors (Lipinski definition) is 8. The van der Waals surface area contributed by atoms with Crippen LogP contribution in [-0.2, 0) is 6.54 Å². The number of nitrogens with zero attached hydrogens (tertiary/aromatic N) is 6. The van der Waals surface area contributed by atoms with Gasteiger partial charge in [-0.1, -0.05) is 6.92 Å². The van der Waals surface area contributed by atoms with E-state index in [0.29, 0.717) is 51.6 Å². The number of aromatic nitrogens is 7. The summed E-state index contributed by atoms with van der Waals surface area (Å²) in [5.74, 6) is 0.652. The standard InChI is InChI=1S/C32H32FN9O/c1-2-34-15-20-11-22(17-35-16-20)26-5-6-27-30(37-26)31(41-40-27)32-38-28-19-36-18-25(29(28)39-32)21-12-23(33)14-24(13-21)43-10-9-42-7-3-4-8-42/h5-6,11-14,16-19,34H,2-4,7-10,15H2,1H3,(H,38,39)(H,40,41). The van der Waals surface area contributed by atoms with Crippen LogP contribution in [-0.4, -0.2) is 72.8 Å². The number of pyridine rings is 3. The molecule has 1 aromatic carbocycles. The smallest absolute Gasteiger partial charge is 0.161 e. The van der Waals surface area contributed by atoms with Crippen molar-refractivity contribution in [1.82, 2.24) is 45.3 Å². The van der Waals surface area contributed by atoms with Crippen molar-refractivity contribution in [3.05, 3.63) is 72.6 Å². The van der Waals surface area contributed by atoms with E-state index in [4.69, 9.17) is 14.7 Å². The minimum atomic E-state index is -0.375. The van der Waals surface area contributed by atoms with Crippen molar-refractivity contribution in [1.29, 1.82) is 0 Å².